The molecule has 3 heteroatoms. The number of aryl methyl sites for hydroxylation is 1. The first-order chi connectivity index (χ1) is 8.33. The van der Waals surface area contributed by atoms with Crippen molar-refractivity contribution in [1.29, 1.82) is 0 Å². The van der Waals surface area contributed by atoms with Crippen LogP contribution >= 0.6 is 0 Å². The molecule has 0 amide bonds. The number of H-pyrrole nitrogens is 1. The van der Waals surface area contributed by atoms with Gasteiger partial charge in [0.25, 0.3) is 0 Å². The van der Waals surface area contributed by atoms with Crippen LogP contribution in [-0.2, 0) is 11.3 Å². The molecule has 90 valence electrons. The monoisotopic (exact) mass is 230 g/mol. The predicted molar refractivity (Wildman–Crippen MR) is 69.1 cm³/mol. The van der Waals surface area contributed by atoms with Crippen LogP contribution in [0.15, 0.2) is 24.4 Å². The number of nitrogens with one attached hydrogen (secondary N) is 1. The van der Waals surface area contributed by atoms with Crippen molar-refractivity contribution in [1.82, 2.24) is 9.88 Å². The van der Waals surface area contributed by atoms with Crippen molar-refractivity contribution in [3.63, 3.8) is 0 Å². The second-order valence-corrected chi connectivity index (χ2v) is 4.75. The Balaban J connectivity index is 1.84. The van der Waals surface area contributed by atoms with Crippen molar-refractivity contribution in [2.75, 3.05) is 26.3 Å². The summed E-state index contributed by atoms with van der Waals surface area (Å²) in [5.41, 5.74) is 3.94. The van der Waals surface area contributed by atoms with Crippen LogP contribution in [0.2, 0.25) is 0 Å². The van der Waals surface area contributed by atoms with Crippen LogP contribution in [0.5, 0.6) is 0 Å². The minimum atomic E-state index is 0.863. The van der Waals surface area contributed by atoms with Crippen LogP contribution in [0.25, 0.3) is 10.9 Å². The minimum Gasteiger partial charge on any atom is -0.379 e. The first-order valence-corrected chi connectivity index (χ1v) is 6.19. The highest BCUT2D eigenvalue weighted by Gasteiger charge is 2.12. The summed E-state index contributed by atoms with van der Waals surface area (Å²) in [6, 6.07) is 6.61. The summed E-state index contributed by atoms with van der Waals surface area (Å²) in [6.45, 7) is 6.95. The molecule has 2 aromatic rings. The lowest BCUT2D eigenvalue weighted by atomic mass is 10.1. The van der Waals surface area contributed by atoms with E-state index in [4.69, 9.17) is 4.74 Å². The van der Waals surface area contributed by atoms with Crippen LogP contribution in [0.3, 0.4) is 0 Å². The number of aromatic amines is 1. The molecule has 1 aliphatic heterocycles. The van der Waals surface area contributed by atoms with Crippen molar-refractivity contribution in [2.24, 2.45) is 0 Å². The van der Waals surface area contributed by atoms with Gasteiger partial charge in [-0.3, -0.25) is 4.90 Å². The molecule has 1 fully saturated rings. The normalized spacial score (nSPS) is 17.7. The largest absolute Gasteiger partial charge is 0.379 e. The molecule has 1 aliphatic rings. The molecule has 0 atom stereocenters. The van der Waals surface area contributed by atoms with Gasteiger partial charge in [-0.05, 0) is 24.1 Å². The summed E-state index contributed by atoms with van der Waals surface area (Å²) in [6.07, 6.45) is 2.14. The molecule has 2 heterocycles. The Kier molecular flexibility index (Phi) is 2.87. The Morgan fingerprint density at radius 2 is 2.12 bits per heavy atom. The van der Waals surface area contributed by atoms with Gasteiger partial charge in [0, 0.05) is 36.7 Å². The number of nitrogens with zero attached hydrogens (tertiary/aromatic N) is 1. The molecule has 17 heavy (non-hydrogen) atoms. The highest BCUT2D eigenvalue weighted by atomic mass is 16.5. The van der Waals surface area contributed by atoms with E-state index in [0.717, 1.165) is 32.8 Å². The maximum atomic E-state index is 5.37. The van der Waals surface area contributed by atoms with E-state index in [1.165, 1.54) is 22.0 Å². The lowest BCUT2D eigenvalue weighted by molar-refractivity contribution is 0.0343. The fourth-order valence-electron chi connectivity index (χ4n) is 2.43. The number of hydrogen-bond donors (Lipinski definition) is 1. The highest BCUT2D eigenvalue weighted by Crippen LogP contribution is 2.21. The molecular formula is C14H18N2O. The number of morpholine rings is 1. The summed E-state index contributed by atoms with van der Waals surface area (Å²) >= 11 is 0. The molecule has 3 nitrogen and oxygen atoms in total. The number of aromatic nitrogens is 1. The van der Waals surface area contributed by atoms with Crippen molar-refractivity contribution in [3.05, 3.63) is 35.5 Å². The second-order valence-electron chi connectivity index (χ2n) is 4.75. The minimum absolute atomic E-state index is 0.863. The van der Waals surface area contributed by atoms with E-state index in [2.05, 4.69) is 41.2 Å². The number of rotatable bonds is 2. The fraction of sp³-hybridized carbons (Fsp3) is 0.429. The van der Waals surface area contributed by atoms with Gasteiger partial charge >= 0.3 is 0 Å². The van der Waals surface area contributed by atoms with Crippen LogP contribution in [0, 0.1) is 6.92 Å². The van der Waals surface area contributed by atoms with Gasteiger partial charge in [0.05, 0.1) is 13.2 Å². The Labute approximate surface area is 101 Å². The maximum absolute atomic E-state index is 5.37. The van der Waals surface area contributed by atoms with E-state index in [9.17, 15) is 0 Å². The summed E-state index contributed by atoms with van der Waals surface area (Å²) in [7, 11) is 0. The third kappa shape index (κ3) is 2.21. The number of fused-ring (bicyclic) bond motifs is 1. The molecule has 0 spiro atoms. The van der Waals surface area contributed by atoms with Gasteiger partial charge in [-0.2, -0.15) is 0 Å². The van der Waals surface area contributed by atoms with Gasteiger partial charge < -0.3 is 9.72 Å². The standard InChI is InChI=1S/C14H18N2O/c1-11-2-3-13-12(9-15-14(13)8-11)10-16-4-6-17-7-5-16/h2-3,8-9,15H,4-7,10H2,1H3. The van der Waals surface area contributed by atoms with Gasteiger partial charge in [0.1, 0.15) is 0 Å². The lowest BCUT2D eigenvalue weighted by Gasteiger charge is -2.26. The van der Waals surface area contributed by atoms with E-state index < -0.39 is 0 Å². The molecule has 1 saturated heterocycles. The van der Waals surface area contributed by atoms with Gasteiger partial charge in [-0.1, -0.05) is 12.1 Å². The zero-order valence-electron chi connectivity index (χ0n) is 10.2. The molecule has 3 rings (SSSR count). The summed E-state index contributed by atoms with van der Waals surface area (Å²) in [5.74, 6) is 0. The molecule has 0 saturated carbocycles. The predicted octanol–water partition coefficient (Wildman–Crippen LogP) is 2.31. The Hall–Kier alpha value is -1.32. The van der Waals surface area contributed by atoms with Crippen LogP contribution in [0.4, 0.5) is 0 Å². The quantitative estimate of drug-likeness (QED) is 0.857. The van der Waals surface area contributed by atoms with E-state index in [-0.39, 0.29) is 0 Å². The summed E-state index contributed by atoms with van der Waals surface area (Å²) in [5, 5.41) is 1.35. The average Bonchev–Trinajstić information content (AvgIpc) is 2.73. The van der Waals surface area contributed by atoms with Gasteiger partial charge in [-0.25, -0.2) is 0 Å². The zero-order chi connectivity index (χ0) is 11.7. The number of hydrogen-bond acceptors (Lipinski definition) is 2. The average molecular weight is 230 g/mol. The molecule has 1 N–H and O–H groups in total. The third-order valence-electron chi connectivity index (χ3n) is 3.42. The van der Waals surface area contributed by atoms with Gasteiger partial charge in [-0.15, -0.1) is 0 Å². The van der Waals surface area contributed by atoms with E-state index in [1.807, 2.05) is 0 Å². The molecule has 1 aromatic heterocycles. The van der Waals surface area contributed by atoms with Crippen LogP contribution < -0.4 is 0 Å². The first-order valence-electron chi connectivity index (χ1n) is 6.19. The summed E-state index contributed by atoms with van der Waals surface area (Å²) < 4.78 is 5.37. The summed E-state index contributed by atoms with van der Waals surface area (Å²) in [4.78, 5) is 5.81. The van der Waals surface area contributed by atoms with E-state index in [0.29, 0.717) is 0 Å². The Morgan fingerprint density at radius 3 is 2.94 bits per heavy atom. The second kappa shape index (κ2) is 4.51. The lowest BCUT2D eigenvalue weighted by Crippen LogP contribution is -2.35. The van der Waals surface area contributed by atoms with Gasteiger partial charge in [0.2, 0.25) is 0 Å². The molecule has 0 bridgehead atoms. The van der Waals surface area contributed by atoms with Crippen LogP contribution in [0.1, 0.15) is 11.1 Å². The molecule has 0 unspecified atom stereocenters. The topological polar surface area (TPSA) is 28.3 Å². The molecule has 0 aliphatic carbocycles. The van der Waals surface area contributed by atoms with Crippen LogP contribution in [-0.4, -0.2) is 36.2 Å². The van der Waals surface area contributed by atoms with Crippen molar-refractivity contribution in [3.8, 4) is 0 Å². The molecular weight excluding hydrogens is 212 g/mol. The van der Waals surface area contributed by atoms with Gasteiger partial charge in [0.15, 0.2) is 0 Å². The Morgan fingerprint density at radius 1 is 1.29 bits per heavy atom. The van der Waals surface area contributed by atoms with Crippen molar-refractivity contribution < 1.29 is 4.74 Å². The molecule has 0 radical (unpaired) electrons. The van der Waals surface area contributed by atoms with E-state index in [1.54, 1.807) is 0 Å². The van der Waals surface area contributed by atoms with E-state index >= 15 is 0 Å². The SMILES string of the molecule is Cc1ccc2c(CN3CCOCC3)c[nH]c2c1. The number of ether oxygens (including phenoxy) is 1. The third-order valence-corrected chi connectivity index (χ3v) is 3.42. The Bertz CT molecular complexity index is 512. The fourth-order valence-corrected chi connectivity index (χ4v) is 2.43. The van der Waals surface area contributed by atoms with Crippen molar-refractivity contribution >= 4 is 10.9 Å². The number of benzene rings is 1. The zero-order valence-corrected chi connectivity index (χ0v) is 10.2. The molecule has 1 aromatic carbocycles. The van der Waals surface area contributed by atoms with Crippen molar-refractivity contribution in [2.45, 2.75) is 13.5 Å². The highest BCUT2D eigenvalue weighted by molar-refractivity contribution is 5.83. The smallest absolute Gasteiger partial charge is 0.0594 e. The first kappa shape index (κ1) is 10.8. The maximum Gasteiger partial charge on any atom is 0.0594 e.